The molecule has 0 spiro atoms. The summed E-state index contributed by atoms with van der Waals surface area (Å²) in [6, 6.07) is 10.2. The van der Waals surface area contributed by atoms with E-state index in [1.165, 1.54) is 24.5 Å². The molecule has 0 aliphatic rings. The predicted molar refractivity (Wildman–Crippen MR) is 92.6 cm³/mol. The molecule has 0 bridgehead atoms. The maximum atomic E-state index is 13.2. The molecule has 140 valence electrons. The number of benzene rings is 2. The second-order valence-electron chi connectivity index (χ2n) is 5.38. The Morgan fingerprint density at radius 3 is 1.52 bits per heavy atom. The first-order valence-corrected chi connectivity index (χ1v) is 10.4. The molecule has 3 aromatic rings. The minimum atomic E-state index is -4.62. The molecule has 6 nitrogen and oxygen atoms in total. The van der Waals surface area contributed by atoms with E-state index in [1.54, 1.807) is 0 Å². The van der Waals surface area contributed by atoms with Crippen LogP contribution in [0.3, 0.4) is 0 Å². The third-order valence-electron chi connectivity index (χ3n) is 3.56. The van der Waals surface area contributed by atoms with Gasteiger partial charge in [0.25, 0.3) is 20.0 Å². The van der Waals surface area contributed by atoms with Gasteiger partial charge in [-0.25, -0.2) is 30.6 Å². The van der Waals surface area contributed by atoms with Crippen LogP contribution in [0.5, 0.6) is 0 Å². The number of aromatic amines is 1. The van der Waals surface area contributed by atoms with Crippen LogP contribution >= 0.6 is 0 Å². The SMILES string of the molecule is O=S(=O)(c1ccc(F)cc1)N(c1ccc[nH+]c1)S(=O)(=O)c1ccc(F)cc1. The van der Waals surface area contributed by atoms with Crippen LogP contribution in [0.15, 0.2) is 82.8 Å². The number of H-pyrrole nitrogens is 1. The van der Waals surface area contributed by atoms with Crippen LogP contribution in [0.1, 0.15) is 0 Å². The van der Waals surface area contributed by atoms with Crippen molar-refractivity contribution in [2.24, 2.45) is 0 Å². The number of sulfonamides is 2. The van der Waals surface area contributed by atoms with Crippen molar-refractivity contribution in [3.8, 4) is 0 Å². The van der Waals surface area contributed by atoms with E-state index in [0.717, 1.165) is 48.5 Å². The zero-order chi connectivity index (χ0) is 19.7. The molecule has 0 saturated heterocycles. The summed E-state index contributed by atoms with van der Waals surface area (Å²) in [4.78, 5) is 1.78. The number of nitrogens with zero attached hydrogens (tertiary/aromatic N) is 1. The van der Waals surface area contributed by atoms with Crippen molar-refractivity contribution in [2.75, 3.05) is 3.71 Å². The molecule has 2 aromatic carbocycles. The first-order valence-electron chi connectivity index (χ1n) is 7.51. The molecule has 0 fully saturated rings. The van der Waals surface area contributed by atoms with E-state index in [1.807, 2.05) is 0 Å². The molecule has 0 saturated carbocycles. The Bertz CT molecular complexity index is 1070. The van der Waals surface area contributed by atoms with Gasteiger partial charge in [-0.1, -0.05) is 0 Å². The molecule has 27 heavy (non-hydrogen) atoms. The van der Waals surface area contributed by atoms with Crippen LogP contribution < -0.4 is 8.69 Å². The van der Waals surface area contributed by atoms with Crippen molar-refractivity contribution in [1.29, 1.82) is 0 Å². The van der Waals surface area contributed by atoms with E-state index in [9.17, 15) is 25.6 Å². The smallest absolute Gasteiger partial charge is 0.216 e. The van der Waals surface area contributed by atoms with E-state index in [4.69, 9.17) is 0 Å². The fraction of sp³-hybridized carbons (Fsp3) is 0. The Kier molecular flexibility index (Phi) is 4.94. The lowest BCUT2D eigenvalue weighted by Gasteiger charge is -2.22. The van der Waals surface area contributed by atoms with Gasteiger partial charge < -0.3 is 0 Å². The molecule has 10 heteroatoms. The number of rotatable bonds is 5. The van der Waals surface area contributed by atoms with Crippen LogP contribution in [0, 0.1) is 11.6 Å². The van der Waals surface area contributed by atoms with Crippen LogP contribution in [0.25, 0.3) is 0 Å². The van der Waals surface area contributed by atoms with Crippen molar-refractivity contribution in [2.45, 2.75) is 9.79 Å². The molecule has 3 rings (SSSR count). The molecule has 1 heterocycles. The lowest BCUT2D eigenvalue weighted by Crippen LogP contribution is -2.37. The summed E-state index contributed by atoms with van der Waals surface area (Å²) >= 11 is 0. The second kappa shape index (κ2) is 7.05. The fourth-order valence-electron chi connectivity index (χ4n) is 2.31. The zero-order valence-electron chi connectivity index (χ0n) is 13.6. The van der Waals surface area contributed by atoms with Crippen molar-refractivity contribution >= 4 is 25.7 Å². The molecule has 0 radical (unpaired) electrons. The minimum absolute atomic E-state index is 0.189. The maximum absolute atomic E-state index is 13.2. The van der Waals surface area contributed by atoms with Gasteiger partial charge in [0, 0.05) is 6.07 Å². The minimum Gasteiger partial charge on any atom is -0.216 e. The van der Waals surface area contributed by atoms with Gasteiger partial charge in [0.1, 0.15) is 17.3 Å². The Morgan fingerprint density at radius 2 is 1.15 bits per heavy atom. The van der Waals surface area contributed by atoms with Crippen LogP contribution in [0.4, 0.5) is 14.5 Å². The van der Waals surface area contributed by atoms with Gasteiger partial charge in [-0.15, -0.1) is 3.71 Å². The normalized spacial score (nSPS) is 11.9. The lowest BCUT2D eigenvalue weighted by molar-refractivity contribution is -0.377. The van der Waals surface area contributed by atoms with Crippen LogP contribution in [0.2, 0.25) is 0 Å². The molecular weight excluding hydrogens is 398 g/mol. The summed E-state index contributed by atoms with van der Waals surface area (Å²) in [5.41, 5.74) is -0.189. The molecule has 0 aliphatic heterocycles. The highest BCUT2D eigenvalue weighted by atomic mass is 32.3. The summed E-state index contributed by atoms with van der Waals surface area (Å²) in [5.74, 6) is -1.34. The number of pyridine rings is 1. The van der Waals surface area contributed by atoms with Crippen LogP contribution in [-0.4, -0.2) is 16.8 Å². The number of aromatic nitrogens is 1. The monoisotopic (exact) mass is 411 g/mol. The molecule has 0 aliphatic carbocycles. The van der Waals surface area contributed by atoms with E-state index in [2.05, 4.69) is 4.98 Å². The molecule has 0 unspecified atom stereocenters. The van der Waals surface area contributed by atoms with Gasteiger partial charge in [0.15, 0.2) is 12.4 Å². The number of hydrogen-bond acceptors (Lipinski definition) is 4. The topological polar surface area (TPSA) is 85.7 Å². The maximum Gasteiger partial charge on any atom is 0.277 e. The van der Waals surface area contributed by atoms with Gasteiger partial charge in [-0.2, -0.15) is 0 Å². The summed E-state index contributed by atoms with van der Waals surface area (Å²) in [5, 5.41) is 0. The van der Waals surface area contributed by atoms with Crippen molar-refractivity contribution in [3.05, 3.63) is 84.7 Å². The van der Waals surface area contributed by atoms with E-state index in [0.29, 0.717) is 0 Å². The van der Waals surface area contributed by atoms with Gasteiger partial charge in [-0.05, 0) is 54.6 Å². The summed E-state index contributed by atoms with van der Waals surface area (Å²) < 4.78 is 78.8. The molecule has 1 aromatic heterocycles. The number of nitrogens with one attached hydrogen (secondary N) is 1. The van der Waals surface area contributed by atoms with Gasteiger partial charge in [0.05, 0.1) is 9.79 Å². The average molecular weight is 411 g/mol. The number of hydrogen-bond donors (Lipinski definition) is 0. The first kappa shape index (κ1) is 18.9. The predicted octanol–water partition coefficient (Wildman–Crippen LogP) is 2.36. The first-order chi connectivity index (χ1) is 12.7. The van der Waals surface area contributed by atoms with Crippen molar-refractivity contribution in [1.82, 2.24) is 0 Å². The molecule has 1 N–H and O–H groups in total. The Hall–Kier alpha value is -2.85. The Morgan fingerprint density at radius 1 is 0.704 bits per heavy atom. The van der Waals surface area contributed by atoms with Crippen molar-refractivity contribution in [3.63, 3.8) is 0 Å². The summed E-state index contributed by atoms with van der Waals surface area (Å²) in [6.45, 7) is 0. The highest BCUT2D eigenvalue weighted by Gasteiger charge is 2.38. The van der Waals surface area contributed by atoms with Crippen molar-refractivity contribution < 1.29 is 30.6 Å². The third kappa shape index (κ3) is 3.67. The van der Waals surface area contributed by atoms with E-state index in [-0.39, 0.29) is 9.40 Å². The van der Waals surface area contributed by atoms with E-state index < -0.39 is 41.5 Å². The average Bonchev–Trinajstić information content (AvgIpc) is 2.63. The second-order valence-corrected chi connectivity index (χ2v) is 9.18. The quantitative estimate of drug-likeness (QED) is 0.645. The van der Waals surface area contributed by atoms with Gasteiger partial charge in [-0.3, -0.25) is 0 Å². The highest BCUT2D eigenvalue weighted by molar-refractivity contribution is 8.10. The summed E-state index contributed by atoms with van der Waals surface area (Å²) in [7, 11) is -9.24. The molecule has 0 amide bonds. The van der Waals surface area contributed by atoms with E-state index >= 15 is 0 Å². The molecule has 0 atom stereocenters. The standard InChI is InChI=1S/C17H12F2N2O4S2/c18-13-3-7-16(8-4-13)26(22,23)21(15-2-1-11-20-12-15)27(24,25)17-9-5-14(19)6-10-17/h1-12H/p+1. The van der Waals surface area contributed by atoms with Gasteiger partial charge >= 0.3 is 0 Å². The largest absolute Gasteiger partial charge is 0.277 e. The Labute approximate surface area is 154 Å². The molecular formula is C17H13F2N2O4S2+. The lowest BCUT2D eigenvalue weighted by atomic mass is 10.4. The number of anilines is 1. The fourth-order valence-corrected chi connectivity index (χ4v) is 5.98. The third-order valence-corrected chi connectivity index (χ3v) is 7.77. The highest BCUT2D eigenvalue weighted by Crippen LogP contribution is 2.30. The van der Waals surface area contributed by atoms with Gasteiger partial charge in [0.2, 0.25) is 0 Å². The van der Waals surface area contributed by atoms with Crippen LogP contribution in [-0.2, 0) is 20.0 Å². The zero-order valence-corrected chi connectivity index (χ0v) is 15.2. The Balaban J connectivity index is 2.24. The number of halogens is 2. The summed E-state index contributed by atoms with van der Waals surface area (Å²) in [6.07, 6.45) is 2.65.